The summed E-state index contributed by atoms with van der Waals surface area (Å²) in [6.07, 6.45) is 3.79. The van der Waals surface area contributed by atoms with Crippen molar-refractivity contribution in [2.75, 3.05) is 26.2 Å². The average Bonchev–Trinajstić information content (AvgIpc) is 2.37. The second-order valence-corrected chi connectivity index (χ2v) is 6.70. The molecular weight excluding hydrogens is 240 g/mol. The van der Waals surface area contributed by atoms with Crippen LogP contribution in [-0.2, 0) is 4.79 Å². The number of carbonyl (C=O) groups is 1. The highest BCUT2D eigenvalue weighted by atomic mass is 16.3. The Morgan fingerprint density at radius 1 is 1.53 bits per heavy atom. The summed E-state index contributed by atoms with van der Waals surface area (Å²) in [6.45, 7) is 9.29. The SMILES string of the molecule is CC(CC(=O)NCC(C)(C)CCO)C1CCCNC1. The van der Waals surface area contributed by atoms with Gasteiger partial charge in [-0.1, -0.05) is 20.8 Å². The lowest BCUT2D eigenvalue weighted by Crippen LogP contribution is -2.38. The Labute approximate surface area is 117 Å². The van der Waals surface area contributed by atoms with Gasteiger partial charge < -0.3 is 15.7 Å². The molecule has 0 aromatic heterocycles. The lowest BCUT2D eigenvalue weighted by Gasteiger charge is -2.29. The Hall–Kier alpha value is -0.610. The third-order valence-electron chi connectivity index (χ3n) is 4.20. The first-order chi connectivity index (χ1) is 8.94. The zero-order valence-corrected chi connectivity index (χ0v) is 12.7. The molecule has 0 spiro atoms. The van der Waals surface area contributed by atoms with Crippen molar-refractivity contribution in [3.63, 3.8) is 0 Å². The highest BCUT2D eigenvalue weighted by Crippen LogP contribution is 2.23. The molecule has 0 bridgehead atoms. The van der Waals surface area contributed by atoms with Gasteiger partial charge >= 0.3 is 0 Å². The maximum atomic E-state index is 12.0. The fourth-order valence-electron chi connectivity index (χ4n) is 2.62. The third kappa shape index (κ3) is 6.39. The van der Waals surface area contributed by atoms with E-state index in [1.807, 2.05) is 0 Å². The number of hydrogen-bond donors (Lipinski definition) is 3. The monoisotopic (exact) mass is 270 g/mol. The van der Waals surface area contributed by atoms with E-state index < -0.39 is 0 Å². The summed E-state index contributed by atoms with van der Waals surface area (Å²) in [4.78, 5) is 12.0. The lowest BCUT2D eigenvalue weighted by molar-refractivity contribution is -0.122. The van der Waals surface area contributed by atoms with Crippen molar-refractivity contribution in [3.05, 3.63) is 0 Å². The minimum absolute atomic E-state index is 0.0277. The molecule has 1 aliphatic rings. The molecule has 2 atom stereocenters. The van der Waals surface area contributed by atoms with Crippen LogP contribution >= 0.6 is 0 Å². The molecule has 3 N–H and O–H groups in total. The summed E-state index contributed by atoms with van der Waals surface area (Å²) < 4.78 is 0. The molecule has 1 rings (SSSR count). The summed E-state index contributed by atoms with van der Waals surface area (Å²) in [6, 6.07) is 0. The molecule has 1 amide bonds. The van der Waals surface area contributed by atoms with E-state index in [2.05, 4.69) is 31.4 Å². The average molecular weight is 270 g/mol. The molecule has 2 unspecified atom stereocenters. The van der Waals surface area contributed by atoms with Gasteiger partial charge in [0.1, 0.15) is 0 Å². The van der Waals surface area contributed by atoms with Crippen LogP contribution in [-0.4, -0.2) is 37.3 Å². The van der Waals surface area contributed by atoms with Crippen LogP contribution in [0.5, 0.6) is 0 Å². The quantitative estimate of drug-likeness (QED) is 0.657. The lowest BCUT2D eigenvalue weighted by atomic mass is 9.85. The van der Waals surface area contributed by atoms with Crippen LogP contribution in [0.15, 0.2) is 0 Å². The number of aliphatic hydroxyl groups is 1. The number of piperidine rings is 1. The van der Waals surface area contributed by atoms with Crippen molar-refractivity contribution in [2.45, 2.75) is 46.5 Å². The van der Waals surface area contributed by atoms with E-state index in [1.54, 1.807) is 0 Å². The molecular formula is C15H30N2O2. The van der Waals surface area contributed by atoms with E-state index in [0.29, 0.717) is 24.8 Å². The van der Waals surface area contributed by atoms with Gasteiger partial charge in [-0.2, -0.15) is 0 Å². The van der Waals surface area contributed by atoms with Crippen LogP contribution < -0.4 is 10.6 Å². The second-order valence-electron chi connectivity index (χ2n) is 6.70. The van der Waals surface area contributed by atoms with Crippen molar-refractivity contribution in [1.82, 2.24) is 10.6 Å². The minimum atomic E-state index is -0.0277. The molecule has 0 saturated carbocycles. The van der Waals surface area contributed by atoms with Gasteiger partial charge in [0.25, 0.3) is 0 Å². The summed E-state index contributed by atoms with van der Waals surface area (Å²) in [5, 5.41) is 15.4. The largest absolute Gasteiger partial charge is 0.396 e. The van der Waals surface area contributed by atoms with Crippen LogP contribution in [0, 0.1) is 17.3 Å². The van der Waals surface area contributed by atoms with E-state index in [4.69, 9.17) is 5.11 Å². The molecule has 112 valence electrons. The summed E-state index contributed by atoms with van der Waals surface area (Å²) in [7, 11) is 0. The molecule has 4 heteroatoms. The summed E-state index contributed by atoms with van der Waals surface area (Å²) in [5.74, 6) is 1.21. The van der Waals surface area contributed by atoms with Gasteiger partial charge in [0.15, 0.2) is 0 Å². The van der Waals surface area contributed by atoms with Gasteiger partial charge in [-0.25, -0.2) is 0 Å². The topological polar surface area (TPSA) is 61.4 Å². The van der Waals surface area contributed by atoms with Gasteiger partial charge in [-0.15, -0.1) is 0 Å². The minimum Gasteiger partial charge on any atom is -0.396 e. The summed E-state index contributed by atoms with van der Waals surface area (Å²) in [5.41, 5.74) is -0.0277. The number of nitrogens with one attached hydrogen (secondary N) is 2. The first kappa shape index (κ1) is 16.4. The van der Waals surface area contributed by atoms with Gasteiger partial charge in [0.05, 0.1) is 0 Å². The van der Waals surface area contributed by atoms with Crippen molar-refractivity contribution < 1.29 is 9.90 Å². The van der Waals surface area contributed by atoms with Crippen molar-refractivity contribution in [1.29, 1.82) is 0 Å². The molecule has 0 aromatic carbocycles. The highest BCUT2D eigenvalue weighted by molar-refractivity contribution is 5.76. The first-order valence-corrected chi connectivity index (χ1v) is 7.53. The number of rotatable bonds is 7. The zero-order chi connectivity index (χ0) is 14.3. The number of hydrogen-bond acceptors (Lipinski definition) is 3. The zero-order valence-electron chi connectivity index (χ0n) is 12.7. The number of aliphatic hydroxyl groups excluding tert-OH is 1. The normalized spacial score (nSPS) is 22.0. The Bertz CT molecular complexity index is 273. The van der Waals surface area contributed by atoms with E-state index in [-0.39, 0.29) is 17.9 Å². The van der Waals surface area contributed by atoms with Crippen LogP contribution in [0.2, 0.25) is 0 Å². The molecule has 4 nitrogen and oxygen atoms in total. The van der Waals surface area contributed by atoms with Gasteiger partial charge in [-0.3, -0.25) is 4.79 Å². The predicted octanol–water partition coefficient (Wildman–Crippen LogP) is 1.54. The van der Waals surface area contributed by atoms with E-state index in [1.165, 1.54) is 12.8 Å². The molecule has 19 heavy (non-hydrogen) atoms. The predicted molar refractivity (Wildman–Crippen MR) is 77.9 cm³/mol. The highest BCUT2D eigenvalue weighted by Gasteiger charge is 2.23. The number of carbonyl (C=O) groups excluding carboxylic acids is 1. The van der Waals surface area contributed by atoms with E-state index in [0.717, 1.165) is 19.5 Å². The van der Waals surface area contributed by atoms with Crippen LogP contribution in [0.1, 0.15) is 46.5 Å². The van der Waals surface area contributed by atoms with Gasteiger partial charge in [-0.05, 0) is 49.6 Å². The fraction of sp³-hybridized carbons (Fsp3) is 0.933. The molecule has 0 aromatic rings. The van der Waals surface area contributed by atoms with Gasteiger partial charge in [0, 0.05) is 19.6 Å². The van der Waals surface area contributed by atoms with E-state index in [9.17, 15) is 4.79 Å². The Morgan fingerprint density at radius 3 is 2.84 bits per heavy atom. The van der Waals surface area contributed by atoms with Crippen molar-refractivity contribution >= 4 is 5.91 Å². The van der Waals surface area contributed by atoms with Crippen molar-refractivity contribution in [3.8, 4) is 0 Å². The molecule has 1 fully saturated rings. The fourth-order valence-corrected chi connectivity index (χ4v) is 2.62. The van der Waals surface area contributed by atoms with Crippen LogP contribution in [0.25, 0.3) is 0 Å². The second kappa shape index (κ2) is 7.85. The van der Waals surface area contributed by atoms with E-state index >= 15 is 0 Å². The molecule has 0 radical (unpaired) electrons. The van der Waals surface area contributed by atoms with Crippen LogP contribution in [0.4, 0.5) is 0 Å². The molecule has 0 aliphatic carbocycles. The summed E-state index contributed by atoms with van der Waals surface area (Å²) >= 11 is 0. The molecule has 1 saturated heterocycles. The maximum absolute atomic E-state index is 12.0. The Morgan fingerprint density at radius 2 is 2.26 bits per heavy atom. The Kier molecular flexibility index (Phi) is 6.80. The van der Waals surface area contributed by atoms with Gasteiger partial charge in [0.2, 0.25) is 5.91 Å². The Balaban J connectivity index is 2.26. The standard InChI is InChI=1S/C15H30N2O2/c1-12(13-5-4-7-16-10-13)9-14(19)17-11-15(2,3)6-8-18/h12-13,16,18H,4-11H2,1-3H3,(H,17,19). The molecule has 1 aliphatic heterocycles. The van der Waals surface area contributed by atoms with Crippen LogP contribution in [0.3, 0.4) is 0 Å². The number of amides is 1. The smallest absolute Gasteiger partial charge is 0.220 e. The van der Waals surface area contributed by atoms with Crippen molar-refractivity contribution in [2.24, 2.45) is 17.3 Å². The third-order valence-corrected chi connectivity index (χ3v) is 4.20. The maximum Gasteiger partial charge on any atom is 0.220 e. The molecule has 1 heterocycles. The first-order valence-electron chi connectivity index (χ1n) is 7.53.